The first kappa shape index (κ1) is 13.4. The Bertz CT molecular complexity index is 505. The van der Waals surface area contributed by atoms with Gasteiger partial charge in [-0.2, -0.15) is 0 Å². The van der Waals surface area contributed by atoms with Gasteiger partial charge in [0.25, 0.3) is 0 Å². The number of nitrogens with zero attached hydrogens (tertiary/aromatic N) is 1. The number of furan rings is 1. The molecule has 0 aliphatic rings. The molecule has 0 radical (unpaired) electrons. The van der Waals surface area contributed by atoms with E-state index in [1.807, 2.05) is 12.1 Å². The van der Waals surface area contributed by atoms with Gasteiger partial charge in [0, 0.05) is 12.8 Å². The van der Waals surface area contributed by atoms with Crippen LogP contribution >= 0.6 is 27.5 Å². The normalized spacial score (nSPS) is 12.4. The molecule has 18 heavy (non-hydrogen) atoms. The van der Waals surface area contributed by atoms with Crippen LogP contribution < -0.4 is 5.32 Å². The maximum absolute atomic E-state index is 9.09. The van der Waals surface area contributed by atoms with Crippen LogP contribution in [0.2, 0.25) is 5.02 Å². The molecule has 2 N–H and O–H groups in total. The number of halogens is 2. The Morgan fingerprint density at radius 2 is 2.39 bits per heavy atom. The maximum Gasteiger partial charge on any atom is 0.140 e. The third-order valence-corrected chi connectivity index (χ3v) is 3.23. The molecule has 1 atom stereocenters. The molecule has 2 aromatic rings. The molecule has 6 heteroatoms. The molecule has 0 saturated carbocycles. The molecular formula is C12H12BrClN2O2. The van der Waals surface area contributed by atoms with Crippen LogP contribution in [0.3, 0.4) is 0 Å². The number of aliphatic hydroxyl groups is 1. The molecule has 0 unspecified atom stereocenters. The lowest BCUT2D eigenvalue weighted by atomic mass is 10.1. The summed E-state index contributed by atoms with van der Waals surface area (Å²) >= 11 is 9.22. The molecule has 4 nitrogen and oxygen atoms in total. The number of pyridine rings is 1. The van der Waals surface area contributed by atoms with Gasteiger partial charge in [-0.15, -0.1) is 0 Å². The number of anilines is 1. The minimum atomic E-state index is -0.130. The largest absolute Gasteiger partial charge is 0.467 e. The first-order valence-electron chi connectivity index (χ1n) is 5.42. The number of aliphatic hydroxyl groups excluding tert-OH is 1. The van der Waals surface area contributed by atoms with Crippen LogP contribution in [0.5, 0.6) is 0 Å². The summed E-state index contributed by atoms with van der Waals surface area (Å²) < 4.78 is 6.11. The van der Waals surface area contributed by atoms with Gasteiger partial charge in [-0.3, -0.25) is 0 Å². The van der Waals surface area contributed by atoms with Gasteiger partial charge in [0.15, 0.2) is 0 Å². The fraction of sp³-hybridized carbons (Fsp3) is 0.250. The Hall–Kier alpha value is -1.04. The van der Waals surface area contributed by atoms with Crippen LogP contribution in [0.15, 0.2) is 39.5 Å². The van der Waals surface area contributed by atoms with Gasteiger partial charge in [-0.05, 0) is 40.5 Å². The minimum Gasteiger partial charge on any atom is -0.467 e. The van der Waals surface area contributed by atoms with Crippen molar-refractivity contribution in [2.75, 3.05) is 11.9 Å². The lowest BCUT2D eigenvalue weighted by Crippen LogP contribution is -2.13. The molecule has 2 aromatic heterocycles. The summed E-state index contributed by atoms with van der Waals surface area (Å²) in [6, 6.07) is 5.30. The van der Waals surface area contributed by atoms with Gasteiger partial charge in [0.1, 0.15) is 11.6 Å². The first-order chi connectivity index (χ1) is 8.70. The Labute approximate surface area is 118 Å². The third-order valence-electron chi connectivity index (χ3n) is 2.42. The van der Waals surface area contributed by atoms with Gasteiger partial charge in [0.2, 0.25) is 0 Å². The predicted octanol–water partition coefficient (Wildman–Crippen LogP) is 3.63. The highest BCUT2D eigenvalue weighted by Crippen LogP contribution is 2.28. The molecule has 2 rings (SSSR count). The number of hydrogen-bond donors (Lipinski definition) is 2. The highest BCUT2D eigenvalue weighted by molar-refractivity contribution is 9.10. The highest BCUT2D eigenvalue weighted by Gasteiger charge is 2.15. The molecule has 0 aliphatic heterocycles. The fourth-order valence-corrected chi connectivity index (χ4v) is 2.34. The molecule has 0 spiro atoms. The molecule has 96 valence electrons. The molecule has 2 heterocycles. The van der Waals surface area contributed by atoms with Crippen LogP contribution in [-0.2, 0) is 0 Å². The van der Waals surface area contributed by atoms with E-state index in [1.54, 1.807) is 18.5 Å². The summed E-state index contributed by atoms with van der Waals surface area (Å²) in [5.74, 6) is 1.42. The van der Waals surface area contributed by atoms with E-state index in [4.69, 9.17) is 21.1 Å². The van der Waals surface area contributed by atoms with E-state index in [1.165, 1.54) is 0 Å². The van der Waals surface area contributed by atoms with Crippen molar-refractivity contribution >= 4 is 33.3 Å². The van der Waals surface area contributed by atoms with Crippen molar-refractivity contribution in [2.45, 2.75) is 12.5 Å². The lowest BCUT2D eigenvalue weighted by molar-refractivity contribution is 0.273. The summed E-state index contributed by atoms with van der Waals surface area (Å²) in [6.07, 6.45) is 3.70. The maximum atomic E-state index is 9.09. The smallest absolute Gasteiger partial charge is 0.140 e. The van der Waals surface area contributed by atoms with Crippen molar-refractivity contribution < 1.29 is 9.52 Å². The quantitative estimate of drug-likeness (QED) is 0.878. The average Bonchev–Trinajstić information content (AvgIpc) is 2.85. The zero-order valence-corrected chi connectivity index (χ0v) is 11.8. The van der Waals surface area contributed by atoms with E-state index < -0.39 is 0 Å². The van der Waals surface area contributed by atoms with Gasteiger partial charge in [-0.25, -0.2) is 4.98 Å². The van der Waals surface area contributed by atoms with E-state index in [9.17, 15) is 0 Å². The van der Waals surface area contributed by atoms with Crippen LogP contribution in [0.1, 0.15) is 18.2 Å². The Kier molecular flexibility index (Phi) is 4.63. The van der Waals surface area contributed by atoms with E-state index >= 15 is 0 Å². The van der Waals surface area contributed by atoms with Crippen LogP contribution in [0, 0.1) is 0 Å². The SMILES string of the molecule is OCC[C@H](Nc1ncc(Cl)cc1Br)c1ccco1. The number of hydrogen-bond acceptors (Lipinski definition) is 4. The Morgan fingerprint density at radius 3 is 3.00 bits per heavy atom. The second-order valence-corrected chi connectivity index (χ2v) is 5.00. The lowest BCUT2D eigenvalue weighted by Gasteiger charge is -2.17. The summed E-state index contributed by atoms with van der Waals surface area (Å²) in [4.78, 5) is 4.20. The molecule has 0 aliphatic carbocycles. The predicted molar refractivity (Wildman–Crippen MR) is 73.7 cm³/mol. The Morgan fingerprint density at radius 1 is 1.56 bits per heavy atom. The number of nitrogens with one attached hydrogen (secondary N) is 1. The summed E-state index contributed by atoms with van der Waals surface area (Å²) in [7, 11) is 0. The number of aromatic nitrogens is 1. The van der Waals surface area contributed by atoms with Crippen LogP contribution in [0.4, 0.5) is 5.82 Å². The molecule has 0 saturated heterocycles. The molecule has 0 aromatic carbocycles. The monoisotopic (exact) mass is 330 g/mol. The van der Waals surface area contributed by atoms with Crippen molar-refractivity contribution in [1.29, 1.82) is 0 Å². The van der Waals surface area contributed by atoms with E-state index in [2.05, 4.69) is 26.2 Å². The van der Waals surface area contributed by atoms with Gasteiger partial charge in [-0.1, -0.05) is 11.6 Å². The zero-order chi connectivity index (χ0) is 13.0. The summed E-state index contributed by atoms with van der Waals surface area (Å²) in [6.45, 7) is 0.0591. The molecular weight excluding hydrogens is 320 g/mol. The second-order valence-electron chi connectivity index (χ2n) is 3.71. The highest BCUT2D eigenvalue weighted by atomic mass is 79.9. The Balaban J connectivity index is 2.18. The number of rotatable bonds is 5. The van der Waals surface area contributed by atoms with E-state index in [0.29, 0.717) is 17.3 Å². The zero-order valence-electron chi connectivity index (χ0n) is 9.44. The fourth-order valence-electron chi connectivity index (χ4n) is 1.59. The van der Waals surface area contributed by atoms with E-state index in [-0.39, 0.29) is 12.6 Å². The minimum absolute atomic E-state index is 0.0591. The van der Waals surface area contributed by atoms with Gasteiger partial charge >= 0.3 is 0 Å². The van der Waals surface area contributed by atoms with Crippen molar-refractivity contribution in [1.82, 2.24) is 4.98 Å². The van der Waals surface area contributed by atoms with Crippen LogP contribution in [0.25, 0.3) is 0 Å². The second kappa shape index (κ2) is 6.22. The molecule has 0 bridgehead atoms. The summed E-state index contributed by atoms with van der Waals surface area (Å²) in [5.41, 5.74) is 0. The van der Waals surface area contributed by atoms with Gasteiger partial charge in [0.05, 0.1) is 21.8 Å². The first-order valence-corrected chi connectivity index (χ1v) is 6.59. The van der Waals surface area contributed by atoms with Crippen molar-refractivity contribution in [3.05, 3.63) is 45.9 Å². The summed E-state index contributed by atoms with van der Waals surface area (Å²) in [5, 5.41) is 12.9. The molecule has 0 amide bonds. The standard InChI is InChI=1S/C12H12BrClN2O2/c13-9-6-8(14)7-15-12(9)16-10(3-4-17)11-2-1-5-18-11/h1-2,5-7,10,17H,3-4H2,(H,15,16)/t10-/m0/s1. The van der Waals surface area contributed by atoms with Gasteiger partial charge < -0.3 is 14.8 Å². The van der Waals surface area contributed by atoms with Crippen molar-refractivity contribution in [3.8, 4) is 0 Å². The topological polar surface area (TPSA) is 58.3 Å². The molecule has 0 fully saturated rings. The van der Waals surface area contributed by atoms with Crippen LogP contribution in [-0.4, -0.2) is 16.7 Å². The van der Waals surface area contributed by atoms with Crippen molar-refractivity contribution in [3.63, 3.8) is 0 Å². The average molecular weight is 332 g/mol. The van der Waals surface area contributed by atoms with E-state index in [0.717, 1.165) is 10.2 Å². The third kappa shape index (κ3) is 3.25. The van der Waals surface area contributed by atoms with Crippen molar-refractivity contribution in [2.24, 2.45) is 0 Å².